The van der Waals surface area contributed by atoms with Crippen molar-refractivity contribution in [3.8, 4) is 0 Å². The zero-order valence-corrected chi connectivity index (χ0v) is 15.9. The molecule has 1 saturated heterocycles. The Kier molecular flexibility index (Phi) is 4.57. The van der Waals surface area contributed by atoms with Crippen LogP contribution in [0.2, 0.25) is 0 Å². The molecule has 0 aromatic carbocycles. The van der Waals surface area contributed by atoms with Crippen LogP contribution in [0.25, 0.3) is 0 Å². The highest BCUT2D eigenvalue weighted by atomic mass is 16.2. The van der Waals surface area contributed by atoms with Crippen molar-refractivity contribution >= 4 is 11.8 Å². The van der Waals surface area contributed by atoms with E-state index >= 15 is 0 Å². The molecule has 140 valence electrons. The summed E-state index contributed by atoms with van der Waals surface area (Å²) in [4.78, 5) is 27.3. The number of hydrogen-bond donors (Lipinski definition) is 1. The number of nitrogens with zero attached hydrogens (tertiary/aromatic N) is 1. The highest BCUT2D eigenvalue weighted by Gasteiger charge is 2.54. The van der Waals surface area contributed by atoms with E-state index in [0.29, 0.717) is 18.2 Å². The number of rotatable bonds is 4. The lowest BCUT2D eigenvalue weighted by Crippen LogP contribution is -2.56. The van der Waals surface area contributed by atoms with Crippen molar-refractivity contribution in [3.63, 3.8) is 0 Å². The lowest BCUT2D eigenvalue weighted by molar-refractivity contribution is -0.147. The van der Waals surface area contributed by atoms with Gasteiger partial charge in [0.25, 0.3) is 0 Å². The Hall–Kier alpha value is -1.06. The molecule has 25 heavy (non-hydrogen) atoms. The first-order valence-electron chi connectivity index (χ1n) is 10.5. The summed E-state index contributed by atoms with van der Waals surface area (Å²) in [7, 11) is 0. The first-order valence-corrected chi connectivity index (χ1v) is 10.5. The number of amides is 2. The molecule has 4 bridgehead atoms. The molecule has 1 aliphatic heterocycles. The zero-order chi connectivity index (χ0) is 17.6. The van der Waals surface area contributed by atoms with Crippen molar-refractivity contribution in [2.75, 3.05) is 13.1 Å². The van der Waals surface area contributed by atoms with Crippen LogP contribution in [0.4, 0.5) is 0 Å². The van der Waals surface area contributed by atoms with Crippen molar-refractivity contribution in [1.82, 2.24) is 10.2 Å². The van der Waals surface area contributed by atoms with Crippen molar-refractivity contribution in [3.05, 3.63) is 0 Å². The SMILES string of the molecule is CC(C)CC(=O)N1CCC(NC(=O)C23CC4CC(CC(C4)C2)C3)CC1. The van der Waals surface area contributed by atoms with Crippen LogP contribution in [-0.2, 0) is 9.59 Å². The van der Waals surface area contributed by atoms with E-state index in [4.69, 9.17) is 0 Å². The summed E-state index contributed by atoms with van der Waals surface area (Å²) >= 11 is 0. The fraction of sp³-hybridized carbons (Fsp3) is 0.905. The van der Waals surface area contributed by atoms with E-state index in [0.717, 1.165) is 62.9 Å². The number of nitrogens with one attached hydrogen (secondary N) is 1. The summed E-state index contributed by atoms with van der Waals surface area (Å²) in [6.07, 6.45) is 10.0. The quantitative estimate of drug-likeness (QED) is 0.848. The molecule has 4 heteroatoms. The molecule has 5 fully saturated rings. The Labute approximate surface area is 152 Å². The summed E-state index contributed by atoms with van der Waals surface area (Å²) in [6, 6.07) is 0.267. The van der Waals surface area contributed by atoms with Gasteiger partial charge in [-0.05, 0) is 75.0 Å². The second-order valence-corrected chi connectivity index (χ2v) is 9.92. The van der Waals surface area contributed by atoms with Gasteiger partial charge in [-0.15, -0.1) is 0 Å². The number of likely N-dealkylation sites (tertiary alicyclic amines) is 1. The van der Waals surface area contributed by atoms with Crippen LogP contribution >= 0.6 is 0 Å². The van der Waals surface area contributed by atoms with E-state index in [1.807, 2.05) is 4.90 Å². The molecule has 1 heterocycles. The highest BCUT2D eigenvalue weighted by molar-refractivity contribution is 5.83. The maximum atomic E-state index is 13.1. The second-order valence-electron chi connectivity index (χ2n) is 9.92. The zero-order valence-electron chi connectivity index (χ0n) is 15.9. The molecule has 0 spiro atoms. The Morgan fingerprint density at radius 1 is 1.00 bits per heavy atom. The van der Waals surface area contributed by atoms with Crippen LogP contribution in [0, 0.1) is 29.1 Å². The van der Waals surface area contributed by atoms with Crippen molar-refractivity contribution in [2.45, 2.75) is 77.7 Å². The van der Waals surface area contributed by atoms with E-state index in [1.165, 1.54) is 19.3 Å². The average molecular weight is 347 g/mol. The van der Waals surface area contributed by atoms with Gasteiger partial charge in [-0.3, -0.25) is 9.59 Å². The molecule has 2 amide bonds. The number of piperidine rings is 1. The minimum absolute atomic E-state index is 0.0423. The van der Waals surface area contributed by atoms with Crippen molar-refractivity contribution < 1.29 is 9.59 Å². The monoisotopic (exact) mass is 346 g/mol. The Morgan fingerprint density at radius 3 is 2.00 bits per heavy atom. The minimum atomic E-state index is -0.0423. The topological polar surface area (TPSA) is 49.4 Å². The maximum Gasteiger partial charge on any atom is 0.226 e. The lowest BCUT2D eigenvalue weighted by atomic mass is 9.49. The normalized spacial score (nSPS) is 37.6. The third-order valence-corrected chi connectivity index (χ3v) is 7.29. The molecule has 0 radical (unpaired) electrons. The van der Waals surface area contributed by atoms with Crippen molar-refractivity contribution in [2.24, 2.45) is 29.1 Å². The summed E-state index contributed by atoms with van der Waals surface area (Å²) in [5.74, 6) is 3.48. The highest BCUT2D eigenvalue weighted by Crippen LogP contribution is 2.60. The van der Waals surface area contributed by atoms with E-state index in [-0.39, 0.29) is 17.4 Å². The fourth-order valence-electron chi connectivity index (χ4n) is 6.48. The van der Waals surface area contributed by atoms with Gasteiger partial charge in [-0.25, -0.2) is 0 Å². The Morgan fingerprint density at radius 2 is 1.52 bits per heavy atom. The summed E-state index contributed by atoms with van der Waals surface area (Å²) in [5.41, 5.74) is -0.0423. The second kappa shape index (κ2) is 6.59. The molecule has 5 rings (SSSR count). The van der Waals surface area contributed by atoms with E-state index < -0.39 is 0 Å². The Bertz CT molecular complexity index is 499. The number of carbonyl (C=O) groups is 2. The van der Waals surface area contributed by atoms with Crippen LogP contribution in [-0.4, -0.2) is 35.8 Å². The molecule has 1 N–H and O–H groups in total. The van der Waals surface area contributed by atoms with E-state index in [9.17, 15) is 9.59 Å². The number of hydrogen-bond acceptors (Lipinski definition) is 2. The molecule has 4 nitrogen and oxygen atoms in total. The van der Waals surface area contributed by atoms with Gasteiger partial charge in [0.2, 0.25) is 11.8 Å². The largest absolute Gasteiger partial charge is 0.353 e. The fourth-order valence-corrected chi connectivity index (χ4v) is 6.48. The third-order valence-electron chi connectivity index (χ3n) is 7.29. The molecule has 0 aromatic heterocycles. The molecule has 0 atom stereocenters. The summed E-state index contributed by atoms with van der Waals surface area (Å²) in [6.45, 7) is 5.79. The van der Waals surface area contributed by atoms with Gasteiger partial charge in [0.1, 0.15) is 0 Å². The van der Waals surface area contributed by atoms with Gasteiger partial charge in [0.05, 0.1) is 0 Å². The van der Waals surface area contributed by atoms with Crippen LogP contribution in [0.1, 0.15) is 71.6 Å². The summed E-state index contributed by atoms with van der Waals surface area (Å²) in [5, 5.41) is 3.40. The predicted molar refractivity (Wildman–Crippen MR) is 97.8 cm³/mol. The predicted octanol–water partition coefficient (Wildman–Crippen LogP) is 3.36. The molecule has 5 aliphatic rings. The van der Waals surface area contributed by atoms with Crippen LogP contribution in [0.5, 0.6) is 0 Å². The summed E-state index contributed by atoms with van der Waals surface area (Å²) < 4.78 is 0. The molecule has 0 aromatic rings. The van der Waals surface area contributed by atoms with Crippen LogP contribution in [0.3, 0.4) is 0 Å². The average Bonchev–Trinajstić information content (AvgIpc) is 2.53. The Balaban J connectivity index is 1.30. The minimum Gasteiger partial charge on any atom is -0.353 e. The van der Waals surface area contributed by atoms with E-state index in [2.05, 4.69) is 19.2 Å². The van der Waals surface area contributed by atoms with Gasteiger partial charge >= 0.3 is 0 Å². The van der Waals surface area contributed by atoms with Gasteiger partial charge in [-0.2, -0.15) is 0 Å². The van der Waals surface area contributed by atoms with Crippen molar-refractivity contribution in [1.29, 1.82) is 0 Å². The molecular formula is C21H34N2O2. The molecular weight excluding hydrogens is 312 g/mol. The third kappa shape index (κ3) is 3.46. The van der Waals surface area contributed by atoms with Gasteiger partial charge < -0.3 is 10.2 Å². The van der Waals surface area contributed by atoms with E-state index in [1.54, 1.807) is 0 Å². The number of carbonyl (C=O) groups excluding carboxylic acids is 2. The van der Waals surface area contributed by atoms with Gasteiger partial charge in [0, 0.05) is 31.0 Å². The van der Waals surface area contributed by atoms with Crippen LogP contribution < -0.4 is 5.32 Å². The van der Waals surface area contributed by atoms with Crippen LogP contribution in [0.15, 0.2) is 0 Å². The molecule has 4 saturated carbocycles. The molecule has 0 unspecified atom stereocenters. The first kappa shape index (κ1) is 17.4. The maximum absolute atomic E-state index is 13.1. The smallest absolute Gasteiger partial charge is 0.226 e. The first-order chi connectivity index (χ1) is 11.9. The van der Waals surface area contributed by atoms with Gasteiger partial charge in [-0.1, -0.05) is 13.8 Å². The lowest BCUT2D eigenvalue weighted by Gasteiger charge is -2.56. The standard InChI is InChI=1S/C21H34N2O2/c1-14(2)7-19(24)23-5-3-18(4-6-23)22-20(25)21-11-15-8-16(12-21)10-17(9-15)13-21/h14-18H,3-13H2,1-2H3,(H,22,25). The molecule has 4 aliphatic carbocycles. The van der Waals surface area contributed by atoms with Gasteiger partial charge in [0.15, 0.2) is 0 Å².